The number of ether oxygens (including phenoxy) is 1. The van der Waals surface area contributed by atoms with Gasteiger partial charge in [0, 0.05) is 6.54 Å². The largest absolute Gasteiger partial charge is 0.497 e. The highest BCUT2D eigenvalue weighted by Gasteiger charge is 2.37. The maximum Gasteiger partial charge on any atom is 0.236 e. The number of carbonyl (C=O) groups is 1. The number of aryl methyl sites for hydroxylation is 1. The molecule has 1 aliphatic heterocycles. The fourth-order valence-electron chi connectivity index (χ4n) is 3.11. The van der Waals surface area contributed by atoms with E-state index in [1.165, 1.54) is 23.9 Å². The van der Waals surface area contributed by atoms with Crippen LogP contribution < -0.4 is 15.5 Å². The second-order valence-electron chi connectivity index (χ2n) is 6.63. The molecule has 0 aliphatic carbocycles. The molecule has 29 heavy (non-hydrogen) atoms. The number of carbonyl (C=O) groups excluding carboxylic acids is 1. The van der Waals surface area contributed by atoms with Gasteiger partial charge in [0.25, 0.3) is 0 Å². The van der Waals surface area contributed by atoms with Crippen LogP contribution in [0, 0.1) is 12.7 Å². The summed E-state index contributed by atoms with van der Waals surface area (Å²) >= 11 is 1.34. The number of hydrogen-bond donors (Lipinski definition) is 2. The lowest BCUT2D eigenvalue weighted by Gasteiger charge is -2.32. The van der Waals surface area contributed by atoms with Crippen LogP contribution in [0.5, 0.6) is 5.75 Å². The van der Waals surface area contributed by atoms with E-state index in [1.807, 2.05) is 31.2 Å². The number of rotatable bonds is 5. The van der Waals surface area contributed by atoms with Crippen molar-refractivity contribution in [3.8, 4) is 5.75 Å². The van der Waals surface area contributed by atoms with Gasteiger partial charge in [0.05, 0.1) is 13.2 Å². The molecule has 2 aromatic carbocycles. The molecule has 0 unspecified atom stereocenters. The second kappa shape index (κ2) is 8.12. The van der Waals surface area contributed by atoms with Crippen molar-refractivity contribution in [3.63, 3.8) is 0 Å². The molecule has 4 rings (SSSR count). The zero-order valence-electron chi connectivity index (χ0n) is 15.9. The van der Waals surface area contributed by atoms with Crippen molar-refractivity contribution in [3.05, 3.63) is 71.3 Å². The van der Waals surface area contributed by atoms with Gasteiger partial charge in [0.15, 0.2) is 0 Å². The quantitative estimate of drug-likeness (QED) is 0.670. The Balaban J connectivity index is 1.54. The summed E-state index contributed by atoms with van der Waals surface area (Å²) in [6, 6.07) is 13.3. The Morgan fingerprint density at radius 3 is 2.62 bits per heavy atom. The van der Waals surface area contributed by atoms with Crippen molar-refractivity contribution in [2.75, 3.05) is 12.5 Å². The third kappa shape index (κ3) is 4.04. The van der Waals surface area contributed by atoms with Crippen molar-refractivity contribution in [2.24, 2.45) is 0 Å². The minimum atomic E-state index is -0.491. The summed E-state index contributed by atoms with van der Waals surface area (Å²) in [6.45, 7) is 2.22. The first-order valence-electron chi connectivity index (χ1n) is 9.06. The lowest BCUT2D eigenvalue weighted by atomic mass is 10.0. The van der Waals surface area contributed by atoms with E-state index < -0.39 is 5.25 Å². The second-order valence-corrected chi connectivity index (χ2v) is 7.74. The highest BCUT2D eigenvalue weighted by Crippen LogP contribution is 2.37. The molecule has 0 saturated heterocycles. The predicted molar refractivity (Wildman–Crippen MR) is 108 cm³/mol. The molecule has 0 radical (unpaired) electrons. The van der Waals surface area contributed by atoms with E-state index in [0.717, 1.165) is 16.9 Å². The van der Waals surface area contributed by atoms with Crippen molar-refractivity contribution in [1.82, 2.24) is 20.2 Å². The molecule has 1 aromatic heterocycles. The average Bonchev–Trinajstić information content (AvgIpc) is 3.12. The van der Waals surface area contributed by atoms with Gasteiger partial charge in [-0.1, -0.05) is 36.0 Å². The van der Waals surface area contributed by atoms with Gasteiger partial charge >= 0.3 is 0 Å². The maximum absolute atomic E-state index is 13.4. The van der Waals surface area contributed by atoms with Crippen LogP contribution in [-0.4, -0.2) is 33.1 Å². The van der Waals surface area contributed by atoms with Crippen molar-refractivity contribution in [1.29, 1.82) is 0 Å². The Hall–Kier alpha value is -3.07. The smallest absolute Gasteiger partial charge is 0.236 e. The molecule has 0 bridgehead atoms. The molecule has 3 aromatic rings. The molecule has 0 saturated carbocycles. The third-order valence-corrected chi connectivity index (χ3v) is 5.93. The number of amides is 1. The average molecular weight is 413 g/mol. The number of fused-ring (bicyclic) bond motifs is 1. The molecule has 9 heteroatoms. The minimum Gasteiger partial charge on any atom is -0.497 e. The summed E-state index contributed by atoms with van der Waals surface area (Å²) in [5, 5.41) is 11.3. The first kappa shape index (κ1) is 19.3. The van der Waals surface area contributed by atoms with Gasteiger partial charge in [-0.15, -0.1) is 10.2 Å². The predicted octanol–water partition coefficient (Wildman–Crippen LogP) is 2.81. The Morgan fingerprint density at radius 2 is 1.93 bits per heavy atom. The molecular formula is C20H20FN5O2S. The van der Waals surface area contributed by atoms with Crippen molar-refractivity contribution >= 4 is 17.7 Å². The molecule has 0 spiro atoms. The number of methoxy groups -OCH3 is 1. The number of nitrogens with one attached hydrogen (secondary N) is 2. The number of aromatic nitrogens is 3. The summed E-state index contributed by atoms with van der Waals surface area (Å²) in [4.78, 5) is 13.0. The summed E-state index contributed by atoms with van der Waals surface area (Å²) in [5.41, 5.74) is 5.07. The van der Waals surface area contributed by atoms with Gasteiger partial charge in [0.1, 0.15) is 22.6 Å². The van der Waals surface area contributed by atoms with Crippen LogP contribution >= 0.6 is 11.8 Å². The zero-order valence-corrected chi connectivity index (χ0v) is 16.7. The summed E-state index contributed by atoms with van der Waals surface area (Å²) in [5.74, 6) is 0.994. The fourth-order valence-corrected chi connectivity index (χ4v) is 4.26. The molecule has 0 fully saturated rings. The van der Waals surface area contributed by atoms with E-state index in [1.54, 1.807) is 23.9 Å². The Morgan fingerprint density at radius 1 is 1.21 bits per heavy atom. The van der Waals surface area contributed by atoms with E-state index in [-0.39, 0.29) is 17.8 Å². The summed E-state index contributed by atoms with van der Waals surface area (Å²) < 4.78 is 20.3. The summed E-state index contributed by atoms with van der Waals surface area (Å²) in [6.07, 6.45) is 0. The zero-order chi connectivity index (χ0) is 20.4. The molecule has 7 nitrogen and oxygen atoms in total. The number of hydrogen-bond acceptors (Lipinski definition) is 6. The van der Waals surface area contributed by atoms with Gasteiger partial charge in [-0.05, 0) is 42.3 Å². The van der Waals surface area contributed by atoms with Crippen molar-refractivity contribution in [2.45, 2.75) is 29.9 Å². The van der Waals surface area contributed by atoms with E-state index in [4.69, 9.17) is 4.74 Å². The molecule has 2 heterocycles. The molecule has 2 atom stereocenters. The van der Waals surface area contributed by atoms with Crippen LogP contribution in [0.15, 0.2) is 53.7 Å². The van der Waals surface area contributed by atoms with Crippen LogP contribution in [0.3, 0.4) is 0 Å². The topological polar surface area (TPSA) is 81.1 Å². The van der Waals surface area contributed by atoms with Crippen LogP contribution in [0.2, 0.25) is 0 Å². The lowest BCUT2D eigenvalue weighted by Crippen LogP contribution is -2.44. The highest BCUT2D eigenvalue weighted by atomic mass is 32.2. The Kier molecular flexibility index (Phi) is 5.39. The Bertz CT molecular complexity index is 1010. The minimum absolute atomic E-state index is 0.139. The SMILES string of the molecule is COc1ccc(CNC(=O)[C@H]2Sc3nnc(C)n3N[C@H]2c2ccc(F)cc2)cc1. The molecule has 2 N–H and O–H groups in total. The van der Waals surface area contributed by atoms with Gasteiger partial charge in [-0.2, -0.15) is 0 Å². The molecular weight excluding hydrogens is 393 g/mol. The molecule has 1 aliphatic rings. The maximum atomic E-state index is 13.4. The first-order chi connectivity index (χ1) is 14.0. The number of halogens is 1. The first-order valence-corrected chi connectivity index (χ1v) is 9.94. The lowest BCUT2D eigenvalue weighted by molar-refractivity contribution is -0.121. The van der Waals surface area contributed by atoms with E-state index in [2.05, 4.69) is 20.9 Å². The number of thioether (sulfide) groups is 1. The van der Waals surface area contributed by atoms with Crippen LogP contribution in [0.25, 0.3) is 0 Å². The molecule has 150 valence electrons. The fraction of sp³-hybridized carbons (Fsp3) is 0.250. The van der Waals surface area contributed by atoms with E-state index >= 15 is 0 Å². The van der Waals surface area contributed by atoms with Gasteiger partial charge in [0.2, 0.25) is 11.1 Å². The van der Waals surface area contributed by atoms with Gasteiger partial charge in [-0.3, -0.25) is 4.79 Å². The monoisotopic (exact) mass is 413 g/mol. The van der Waals surface area contributed by atoms with E-state index in [0.29, 0.717) is 17.5 Å². The van der Waals surface area contributed by atoms with Gasteiger partial charge < -0.3 is 15.5 Å². The van der Waals surface area contributed by atoms with Crippen LogP contribution in [-0.2, 0) is 11.3 Å². The normalized spacial score (nSPS) is 17.9. The number of nitrogens with zero attached hydrogens (tertiary/aromatic N) is 3. The highest BCUT2D eigenvalue weighted by molar-refractivity contribution is 8.00. The summed E-state index contributed by atoms with van der Waals surface area (Å²) in [7, 11) is 1.61. The van der Waals surface area contributed by atoms with Crippen molar-refractivity contribution < 1.29 is 13.9 Å². The Labute approximate surface area is 171 Å². The standard InChI is InChI=1S/C20H20FN5O2S/c1-12-23-24-20-26(12)25-17(14-5-7-15(21)8-6-14)18(29-20)19(27)22-11-13-3-9-16(28-2)10-4-13/h3-10,17-18,25H,11H2,1-2H3,(H,22,27)/t17-,18-/m0/s1. The van der Waals surface area contributed by atoms with E-state index in [9.17, 15) is 9.18 Å². The van der Waals surface area contributed by atoms with Gasteiger partial charge in [-0.25, -0.2) is 9.07 Å². The van der Waals surface area contributed by atoms with Crippen LogP contribution in [0.1, 0.15) is 23.0 Å². The third-order valence-electron chi connectivity index (χ3n) is 4.71. The molecule has 1 amide bonds. The number of benzene rings is 2. The van der Waals surface area contributed by atoms with Crippen LogP contribution in [0.4, 0.5) is 4.39 Å².